The topological polar surface area (TPSA) is 26.3 Å². The summed E-state index contributed by atoms with van der Waals surface area (Å²) in [5.41, 5.74) is 0. The van der Waals surface area contributed by atoms with Crippen molar-refractivity contribution in [1.82, 2.24) is 0 Å². The number of rotatable bonds is 4. The SMILES string of the molecule is O=C(OS(c1ccccc1)(c1ccccc1)c1c(I)cc(I)cc1I)C(F)(F)F. The lowest BCUT2D eigenvalue weighted by atomic mass is 10.4. The van der Waals surface area contributed by atoms with E-state index in [9.17, 15) is 18.0 Å². The Balaban J connectivity index is 2.43. The fourth-order valence-electron chi connectivity index (χ4n) is 2.70. The molecule has 152 valence electrons. The van der Waals surface area contributed by atoms with Gasteiger partial charge in [-0.25, -0.2) is 4.79 Å². The van der Waals surface area contributed by atoms with Crippen molar-refractivity contribution in [3.05, 3.63) is 83.5 Å². The standard InChI is InChI=1S/C20H12F3I3O2S/c21-20(22,23)19(27)28-29(14-7-3-1-4-8-14,15-9-5-2-6-10-15)18-16(25)11-13(24)12-17(18)26/h1-12H. The summed E-state index contributed by atoms with van der Waals surface area (Å²) in [6, 6.07) is 21.0. The monoisotopic (exact) mass is 754 g/mol. The van der Waals surface area contributed by atoms with Gasteiger partial charge in [-0.3, -0.25) is 0 Å². The molecule has 3 aromatic carbocycles. The second-order valence-electron chi connectivity index (χ2n) is 5.75. The van der Waals surface area contributed by atoms with Crippen molar-refractivity contribution in [2.75, 3.05) is 0 Å². The molecule has 29 heavy (non-hydrogen) atoms. The van der Waals surface area contributed by atoms with Crippen molar-refractivity contribution in [1.29, 1.82) is 0 Å². The largest absolute Gasteiger partial charge is 0.491 e. The van der Waals surface area contributed by atoms with Crippen LogP contribution in [0.5, 0.6) is 0 Å². The predicted octanol–water partition coefficient (Wildman–Crippen LogP) is 7.80. The third kappa shape index (κ3) is 4.87. The normalized spacial score (nSPS) is 12.5. The molecule has 0 spiro atoms. The first kappa shape index (κ1) is 23.1. The zero-order valence-corrected chi connectivity index (χ0v) is 21.7. The Morgan fingerprint density at radius 1 is 0.793 bits per heavy atom. The van der Waals surface area contributed by atoms with Crippen LogP contribution in [0.4, 0.5) is 13.2 Å². The number of hydrogen-bond donors (Lipinski definition) is 0. The number of hydrogen-bond acceptors (Lipinski definition) is 2. The van der Waals surface area contributed by atoms with Gasteiger partial charge in [0.2, 0.25) is 0 Å². The second kappa shape index (κ2) is 9.30. The fraction of sp³-hybridized carbons (Fsp3) is 0.0500. The molecule has 0 aromatic heterocycles. The number of halogens is 6. The van der Waals surface area contributed by atoms with Crippen LogP contribution in [-0.4, -0.2) is 12.1 Å². The van der Waals surface area contributed by atoms with Gasteiger partial charge in [0.1, 0.15) is 0 Å². The van der Waals surface area contributed by atoms with E-state index in [1.165, 1.54) is 0 Å². The summed E-state index contributed by atoms with van der Waals surface area (Å²) < 4.78 is 47.9. The maximum atomic E-state index is 13.3. The highest BCUT2D eigenvalue weighted by molar-refractivity contribution is 14.1. The summed E-state index contributed by atoms with van der Waals surface area (Å²) in [6.45, 7) is 0. The number of alkyl halides is 3. The fourth-order valence-corrected chi connectivity index (χ4v) is 11.2. The average Bonchev–Trinajstić information content (AvgIpc) is 2.67. The summed E-state index contributed by atoms with van der Waals surface area (Å²) in [5, 5.41) is 0. The van der Waals surface area contributed by atoms with Crippen LogP contribution in [0.15, 0.2) is 87.5 Å². The van der Waals surface area contributed by atoms with Gasteiger partial charge in [-0.15, -0.1) is 0 Å². The molecule has 0 aliphatic carbocycles. The Morgan fingerprint density at radius 2 is 1.21 bits per heavy atom. The first-order valence-corrected chi connectivity index (χ1v) is 12.8. The van der Waals surface area contributed by atoms with E-state index in [0.29, 0.717) is 14.7 Å². The summed E-state index contributed by atoms with van der Waals surface area (Å²) in [5.74, 6) is -2.20. The molecule has 2 nitrogen and oxygen atoms in total. The highest BCUT2D eigenvalue weighted by atomic mass is 127. The first-order valence-electron chi connectivity index (χ1n) is 8.05. The van der Waals surface area contributed by atoms with Crippen molar-refractivity contribution in [2.24, 2.45) is 0 Å². The molecule has 0 aliphatic rings. The Morgan fingerprint density at radius 3 is 1.59 bits per heavy atom. The molecule has 0 aliphatic heterocycles. The van der Waals surface area contributed by atoms with Gasteiger partial charge in [-0.05, 0) is 114 Å². The lowest BCUT2D eigenvalue weighted by molar-refractivity contribution is -0.188. The first-order chi connectivity index (χ1) is 13.7. The highest BCUT2D eigenvalue weighted by Gasteiger charge is 2.48. The summed E-state index contributed by atoms with van der Waals surface area (Å²) in [4.78, 5) is 13.8. The van der Waals surface area contributed by atoms with Crippen LogP contribution in [0.25, 0.3) is 0 Å². The molecule has 0 heterocycles. The Hall–Kier alpha value is -0.540. The van der Waals surface area contributed by atoms with Crippen molar-refractivity contribution >= 4 is 84.1 Å². The Kier molecular flexibility index (Phi) is 7.42. The number of benzene rings is 3. The maximum absolute atomic E-state index is 13.3. The molecule has 0 radical (unpaired) electrons. The van der Waals surface area contributed by atoms with Crippen LogP contribution in [-0.2, 0) is 8.98 Å². The molecule has 3 aromatic rings. The molecular weight excluding hydrogens is 742 g/mol. The Labute approximate surface area is 208 Å². The van der Waals surface area contributed by atoms with Crippen molar-refractivity contribution in [3.63, 3.8) is 0 Å². The van der Waals surface area contributed by atoms with E-state index in [-0.39, 0.29) is 0 Å². The minimum Gasteiger partial charge on any atom is -0.395 e. The van der Waals surface area contributed by atoms with Gasteiger partial charge in [-0.2, -0.15) is 13.2 Å². The Bertz CT molecular complexity index is 966. The minimum atomic E-state index is -5.11. The van der Waals surface area contributed by atoms with Crippen LogP contribution in [0.3, 0.4) is 0 Å². The molecule has 9 heteroatoms. The summed E-state index contributed by atoms with van der Waals surface area (Å²) in [6.07, 6.45) is -5.11. The molecule has 0 amide bonds. The van der Waals surface area contributed by atoms with Gasteiger partial charge in [0.25, 0.3) is 0 Å². The summed E-state index contributed by atoms with van der Waals surface area (Å²) in [7, 11) is -2.98. The molecule has 0 unspecified atom stereocenters. The van der Waals surface area contributed by atoms with Gasteiger partial charge in [0, 0.05) is 20.5 Å². The number of carbonyl (C=O) groups excluding carboxylic acids is 1. The predicted molar refractivity (Wildman–Crippen MR) is 132 cm³/mol. The lowest BCUT2D eigenvalue weighted by Gasteiger charge is -2.41. The highest BCUT2D eigenvalue weighted by Crippen LogP contribution is 2.71. The van der Waals surface area contributed by atoms with Gasteiger partial charge in [0.05, 0.1) is 4.90 Å². The zero-order chi connectivity index (χ0) is 21.2. The minimum absolute atomic E-state index is 0.515. The maximum Gasteiger partial charge on any atom is 0.491 e. The van der Waals surface area contributed by atoms with E-state index in [2.05, 4.69) is 67.8 Å². The molecule has 0 saturated heterocycles. The third-order valence-electron chi connectivity index (χ3n) is 3.83. The quantitative estimate of drug-likeness (QED) is 0.255. The van der Waals surface area contributed by atoms with Crippen LogP contribution in [0.1, 0.15) is 0 Å². The molecule has 0 N–H and O–H groups in total. The van der Waals surface area contributed by atoms with Crippen molar-refractivity contribution in [2.45, 2.75) is 20.9 Å². The van der Waals surface area contributed by atoms with Gasteiger partial charge in [0.15, 0.2) is 0 Å². The van der Waals surface area contributed by atoms with E-state index in [1.807, 2.05) is 12.1 Å². The molecular formula is C20H12F3I3O2S. The lowest BCUT2D eigenvalue weighted by Crippen LogP contribution is -2.28. The van der Waals surface area contributed by atoms with Gasteiger partial charge >= 0.3 is 12.1 Å². The van der Waals surface area contributed by atoms with E-state index in [0.717, 1.165) is 10.7 Å². The van der Waals surface area contributed by atoms with Crippen molar-refractivity contribution in [3.8, 4) is 0 Å². The molecule has 0 bridgehead atoms. The molecule has 0 saturated carbocycles. The summed E-state index contributed by atoms with van der Waals surface area (Å²) >= 11 is 6.35. The van der Waals surface area contributed by atoms with E-state index >= 15 is 0 Å². The molecule has 0 fully saturated rings. The van der Waals surface area contributed by atoms with Crippen LogP contribution < -0.4 is 0 Å². The van der Waals surface area contributed by atoms with Gasteiger partial charge < -0.3 is 4.18 Å². The van der Waals surface area contributed by atoms with E-state index in [4.69, 9.17) is 4.18 Å². The molecule has 0 atom stereocenters. The van der Waals surface area contributed by atoms with E-state index < -0.39 is 22.5 Å². The van der Waals surface area contributed by atoms with E-state index in [1.54, 1.807) is 60.7 Å². The van der Waals surface area contributed by atoms with Crippen LogP contribution >= 0.6 is 78.1 Å². The third-order valence-corrected chi connectivity index (χ3v) is 10.2. The number of carbonyl (C=O) groups is 1. The van der Waals surface area contributed by atoms with Crippen LogP contribution in [0, 0.1) is 10.7 Å². The second-order valence-corrected chi connectivity index (χ2v) is 11.9. The van der Waals surface area contributed by atoms with Crippen molar-refractivity contribution < 1.29 is 22.1 Å². The zero-order valence-electron chi connectivity index (χ0n) is 14.4. The molecule has 3 rings (SSSR count). The average molecular weight is 754 g/mol. The smallest absolute Gasteiger partial charge is 0.395 e. The van der Waals surface area contributed by atoms with Gasteiger partial charge in [-0.1, -0.05) is 36.4 Å². The van der Waals surface area contributed by atoms with Crippen LogP contribution in [0.2, 0.25) is 0 Å².